The minimum absolute atomic E-state index is 0.167. The van der Waals surface area contributed by atoms with Crippen LogP contribution in [0.3, 0.4) is 0 Å². The van der Waals surface area contributed by atoms with Gasteiger partial charge in [0.1, 0.15) is 0 Å². The van der Waals surface area contributed by atoms with Crippen molar-refractivity contribution >= 4 is 58.0 Å². The van der Waals surface area contributed by atoms with Crippen LogP contribution in [-0.2, 0) is 11.3 Å². The smallest absolute Gasteiger partial charge is 0.238 e. The summed E-state index contributed by atoms with van der Waals surface area (Å²) in [6.45, 7) is 0.718. The summed E-state index contributed by atoms with van der Waals surface area (Å²) in [4.78, 5) is 14.0. The highest BCUT2D eigenvalue weighted by molar-refractivity contribution is 6.42. The van der Waals surface area contributed by atoms with Gasteiger partial charge in [0.15, 0.2) is 0 Å². The van der Waals surface area contributed by atoms with E-state index in [0.29, 0.717) is 32.3 Å². The molecule has 2 aromatic carbocycles. The topological polar surface area (TPSA) is 32.3 Å². The molecule has 3 nitrogen and oxygen atoms in total. The molecule has 2 rings (SSSR count). The van der Waals surface area contributed by atoms with Crippen LogP contribution >= 0.6 is 46.4 Å². The van der Waals surface area contributed by atoms with E-state index < -0.39 is 0 Å². The van der Waals surface area contributed by atoms with Crippen LogP contribution in [0.5, 0.6) is 0 Å². The Kier molecular flexibility index (Phi) is 6.57. The fourth-order valence-electron chi connectivity index (χ4n) is 2.06. The number of amides is 1. The lowest BCUT2D eigenvalue weighted by Crippen LogP contribution is -2.30. The molecule has 1 N–H and O–H groups in total. The largest absolute Gasteiger partial charge is 0.322 e. The van der Waals surface area contributed by atoms with Crippen LogP contribution in [0.25, 0.3) is 0 Å². The first-order chi connectivity index (χ1) is 10.9. The predicted octanol–water partition coefficient (Wildman–Crippen LogP) is 5.37. The number of benzene rings is 2. The molecule has 0 aromatic heterocycles. The summed E-state index contributed by atoms with van der Waals surface area (Å²) in [6.07, 6.45) is 0. The number of hydrogen-bond acceptors (Lipinski definition) is 2. The first kappa shape index (κ1) is 18.4. The minimum atomic E-state index is -0.231. The molecule has 2 aromatic rings. The Morgan fingerprint density at radius 2 is 1.65 bits per heavy atom. The minimum Gasteiger partial charge on any atom is -0.322 e. The molecule has 0 atom stereocenters. The van der Waals surface area contributed by atoms with E-state index in [0.717, 1.165) is 5.56 Å². The van der Waals surface area contributed by atoms with Gasteiger partial charge in [0.25, 0.3) is 0 Å². The van der Waals surface area contributed by atoms with E-state index in [4.69, 9.17) is 46.4 Å². The Balaban J connectivity index is 1.98. The zero-order chi connectivity index (χ0) is 17.0. The van der Waals surface area contributed by atoms with Gasteiger partial charge in [0.05, 0.1) is 22.3 Å². The van der Waals surface area contributed by atoms with Crippen molar-refractivity contribution in [3.8, 4) is 0 Å². The van der Waals surface area contributed by atoms with Crippen molar-refractivity contribution in [2.24, 2.45) is 0 Å². The van der Waals surface area contributed by atoms with Gasteiger partial charge in [-0.25, -0.2) is 0 Å². The Hall–Kier alpha value is -0.970. The van der Waals surface area contributed by atoms with Crippen LogP contribution in [-0.4, -0.2) is 24.4 Å². The number of nitrogens with one attached hydrogen (secondary N) is 1. The third-order valence-electron chi connectivity index (χ3n) is 3.08. The zero-order valence-corrected chi connectivity index (χ0v) is 15.3. The van der Waals surface area contributed by atoms with Gasteiger partial charge in [-0.3, -0.25) is 9.69 Å². The number of rotatable bonds is 5. The summed E-state index contributed by atoms with van der Waals surface area (Å²) in [6, 6.07) is 10.6. The Morgan fingerprint density at radius 3 is 2.26 bits per heavy atom. The highest BCUT2D eigenvalue weighted by Crippen LogP contribution is 2.33. The highest BCUT2D eigenvalue weighted by Gasteiger charge is 2.13. The second-order valence-corrected chi connectivity index (χ2v) is 6.71. The molecule has 1 amide bonds. The summed E-state index contributed by atoms with van der Waals surface area (Å²) >= 11 is 24.1. The van der Waals surface area contributed by atoms with Crippen molar-refractivity contribution in [2.45, 2.75) is 6.54 Å². The molecule has 0 heterocycles. The van der Waals surface area contributed by atoms with Crippen molar-refractivity contribution < 1.29 is 4.79 Å². The van der Waals surface area contributed by atoms with Crippen molar-refractivity contribution in [3.05, 3.63) is 62.1 Å². The fourth-order valence-corrected chi connectivity index (χ4v) is 3.17. The van der Waals surface area contributed by atoms with Gasteiger partial charge >= 0.3 is 0 Å². The van der Waals surface area contributed by atoms with Crippen LogP contribution < -0.4 is 5.32 Å². The van der Waals surface area contributed by atoms with Crippen LogP contribution in [0.1, 0.15) is 5.56 Å². The predicted molar refractivity (Wildman–Crippen MR) is 97.9 cm³/mol. The number of carbonyl (C=O) groups is 1. The van der Waals surface area contributed by atoms with E-state index in [1.807, 2.05) is 36.2 Å². The molecule has 0 unspecified atom stereocenters. The Bertz CT molecular complexity index is 698. The van der Waals surface area contributed by atoms with E-state index in [2.05, 4.69) is 5.32 Å². The summed E-state index contributed by atoms with van der Waals surface area (Å²) in [7, 11) is 1.83. The van der Waals surface area contributed by atoms with Crippen molar-refractivity contribution in [3.63, 3.8) is 0 Å². The first-order valence-corrected chi connectivity index (χ1v) is 8.24. The SMILES string of the molecule is CN(CC(=O)Nc1c(Cl)cc(Cl)cc1Cl)Cc1ccccc1Cl. The van der Waals surface area contributed by atoms with E-state index in [9.17, 15) is 4.79 Å². The molecular formula is C16H14Cl4N2O. The molecule has 0 aliphatic rings. The van der Waals surface area contributed by atoms with E-state index in [1.54, 1.807) is 0 Å². The standard InChI is InChI=1S/C16H14Cl4N2O/c1-22(8-10-4-2-3-5-12(10)18)9-15(23)21-16-13(19)6-11(17)7-14(16)20/h2-7H,8-9H2,1H3,(H,21,23). The lowest BCUT2D eigenvalue weighted by molar-refractivity contribution is -0.117. The molecule has 0 saturated carbocycles. The van der Waals surface area contributed by atoms with Crippen molar-refractivity contribution in [1.82, 2.24) is 4.90 Å². The number of nitrogens with zero attached hydrogens (tertiary/aromatic N) is 1. The quantitative estimate of drug-likeness (QED) is 0.742. The van der Waals surface area contributed by atoms with Gasteiger partial charge in [-0.15, -0.1) is 0 Å². The molecule has 23 heavy (non-hydrogen) atoms. The molecule has 0 aliphatic carbocycles. The number of hydrogen-bond donors (Lipinski definition) is 1. The van der Waals surface area contributed by atoms with Gasteiger partial charge in [-0.2, -0.15) is 0 Å². The molecule has 7 heteroatoms. The van der Waals surface area contributed by atoms with Gasteiger partial charge in [0, 0.05) is 16.6 Å². The third-order valence-corrected chi connectivity index (χ3v) is 4.27. The maximum absolute atomic E-state index is 12.2. The van der Waals surface area contributed by atoms with Crippen LogP contribution in [0, 0.1) is 0 Å². The number of likely N-dealkylation sites (N-methyl/N-ethyl adjacent to an activating group) is 1. The normalized spacial score (nSPS) is 10.9. The van der Waals surface area contributed by atoms with E-state index in [1.165, 1.54) is 12.1 Å². The van der Waals surface area contributed by atoms with Crippen LogP contribution in [0.15, 0.2) is 36.4 Å². The fraction of sp³-hybridized carbons (Fsp3) is 0.188. The van der Waals surface area contributed by atoms with E-state index >= 15 is 0 Å². The van der Waals surface area contributed by atoms with Gasteiger partial charge in [0.2, 0.25) is 5.91 Å². The average Bonchev–Trinajstić information content (AvgIpc) is 2.45. The van der Waals surface area contributed by atoms with Crippen LogP contribution in [0.2, 0.25) is 20.1 Å². The van der Waals surface area contributed by atoms with Crippen molar-refractivity contribution in [1.29, 1.82) is 0 Å². The first-order valence-electron chi connectivity index (χ1n) is 6.73. The third kappa shape index (κ3) is 5.27. The maximum atomic E-state index is 12.2. The van der Waals surface area contributed by atoms with Gasteiger partial charge < -0.3 is 5.32 Å². The van der Waals surface area contributed by atoms with Crippen LogP contribution in [0.4, 0.5) is 5.69 Å². The molecule has 0 bridgehead atoms. The summed E-state index contributed by atoms with van der Waals surface area (Å²) < 4.78 is 0. The summed E-state index contributed by atoms with van der Waals surface area (Å²) in [5.41, 5.74) is 1.31. The van der Waals surface area contributed by atoms with Crippen molar-refractivity contribution in [2.75, 3.05) is 18.9 Å². The summed E-state index contributed by atoms with van der Waals surface area (Å²) in [5.74, 6) is -0.231. The van der Waals surface area contributed by atoms with E-state index in [-0.39, 0.29) is 12.5 Å². The second-order valence-electron chi connectivity index (χ2n) is 5.06. The molecule has 0 fully saturated rings. The zero-order valence-electron chi connectivity index (χ0n) is 12.2. The lowest BCUT2D eigenvalue weighted by atomic mass is 10.2. The molecule has 0 radical (unpaired) electrons. The Morgan fingerprint density at radius 1 is 1.04 bits per heavy atom. The average molecular weight is 392 g/mol. The molecule has 122 valence electrons. The maximum Gasteiger partial charge on any atom is 0.238 e. The number of halogens is 4. The molecule has 0 saturated heterocycles. The van der Waals surface area contributed by atoms with Gasteiger partial charge in [-0.1, -0.05) is 64.6 Å². The second kappa shape index (κ2) is 8.22. The summed E-state index contributed by atoms with van der Waals surface area (Å²) in [5, 5.41) is 4.37. The highest BCUT2D eigenvalue weighted by atomic mass is 35.5. The molecule has 0 spiro atoms. The lowest BCUT2D eigenvalue weighted by Gasteiger charge is -2.18. The number of carbonyl (C=O) groups excluding carboxylic acids is 1. The molecule has 0 aliphatic heterocycles. The van der Waals surface area contributed by atoms with Gasteiger partial charge in [-0.05, 0) is 30.8 Å². The Labute approximate surface area is 155 Å². The molecular weight excluding hydrogens is 378 g/mol. The monoisotopic (exact) mass is 390 g/mol. The number of anilines is 1.